The number of aromatic nitrogens is 4. The predicted molar refractivity (Wildman–Crippen MR) is 278 cm³/mol. The molecular formula is C50H62N6O21P2. The molecule has 428 valence electrons. The molecule has 0 radical (unpaired) electrons. The van der Waals surface area contributed by atoms with Gasteiger partial charge >= 0.3 is 44.8 Å². The number of terminal acetylenes is 2. The molecule has 0 spiro atoms. The minimum atomic E-state index is -4.41. The molecule has 0 saturated carbocycles. The second-order valence-electron chi connectivity index (χ2n) is 18.6. The van der Waals surface area contributed by atoms with Crippen molar-refractivity contribution in [3.05, 3.63) is 127 Å². The van der Waals surface area contributed by atoms with Crippen LogP contribution in [0.1, 0.15) is 67.8 Å². The smallest absolute Gasteiger partial charge is 0.459 e. The van der Waals surface area contributed by atoms with Gasteiger partial charge in [-0.15, -0.1) is 12.8 Å². The molecule has 12 atom stereocenters. The number of aliphatic hydroxyl groups is 3. The van der Waals surface area contributed by atoms with Crippen LogP contribution in [0, 0.1) is 30.6 Å². The van der Waals surface area contributed by atoms with Crippen molar-refractivity contribution in [1.29, 1.82) is 0 Å². The molecule has 2 fully saturated rings. The lowest BCUT2D eigenvalue weighted by Crippen LogP contribution is -2.50. The third-order valence-corrected chi connectivity index (χ3v) is 14.5. The molecule has 2 unspecified atom stereocenters. The predicted octanol–water partition coefficient (Wildman–Crippen LogP) is 1.79. The number of rotatable bonds is 22. The van der Waals surface area contributed by atoms with Crippen molar-refractivity contribution in [3.63, 3.8) is 0 Å². The Morgan fingerprint density at radius 3 is 1.42 bits per heavy atom. The van der Waals surface area contributed by atoms with Gasteiger partial charge in [0.1, 0.15) is 41.9 Å². The molecule has 0 bridgehead atoms. The SMILES string of the molecule is C#C[C@@]1(O)[C@H](O)[C@@H](COP(=O)(N[C@@H](C)C(=O)OC(C)C)Oc2ccccc2)O[C@H]1n1ccc(=O)[nH]c1=O.C#C[C@@]1(O)[C@H](OC(=O)C(C)C)[C@@H](COP(=O)(N[C@@H](C)C(=O)OC(C)C)Oc2ccccc2)O[C@H]1n1ccc(=O)[nH]c1=O. The van der Waals surface area contributed by atoms with Crippen LogP contribution in [0.5, 0.6) is 11.5 Å². The van der Waals surface area contributed by atoms with Crippen LogP contribution >= 0.6 is 15.5 Å². The van der Waals surface area contributed by atoms with E-state index in [1.165, 1.54) is 38.1 Å². The number of nitrogens with one attached hydrogen (secondary N) is 4. The van der Waals surface area contributed by atoms with Crippen LogP contribution in [-0.4, -0.2) is 125 Å². The van der Waals surface area contributed by atoms with E-state index >= 15 is 0 Å². The van der Waals surface area contributed by atoms with Gasteiger partial charge in [0.15, 0.2) is 24.2 Å². The molecule has 7 N–H and O–H groups in total. The molecule has 0 aliphatic carbocycles. The van der Waals surface area contributed by atoms with Crippen molar-refractivity contribution < 1.29 is 80.6 Å². The molecule has 2 saturated heterocycles. The van der Waals surface area contributed by atoms with Crippen molar-refractivity contribution in [2.45, 2.75) is 128 Å². The standard InChI is InChI=1S/C27H34N3O11P.C23H28N3O10P/c1-7-27(35)22(40-23(32)16(2)3)20(39-25(27)30-14-13-21(31)28-26(30)34)15-37-42(36,41-19-11-9-8-10-12-19)29-18(6)24(33)38-17(4)5;1-5-23(31)19(28)17(35-21(23)26-12-11-18(27)24-22(26)30)13-33-37(32,36-16-9-7-6-8-10-16)25-15(4)20(29)34-14(2)3/h1,8-14,16-18,20,22,25,35H,15H2,2-6H3,(H,29,36)(H,28,31,34);1,6-12,14-15,17,19,21,28,31H,13H2,2-4H3,(H,25,32)(H,24,27,30)/t18-,20+,22+,25+,27+,42?;15-,17+,19+,21+,23+,37?/m00/s1. The summed E-state index contributed by atoms with van der Waals surface area (Å²) in [6.45, 7) is 11.2. The number of benzene rings is 2. The van der Waals surface area contributed by atoms with Gasteiger partial charge in [0.05, 0.1) is 31.3 Å². The van der Waals surface area contributed by atoms with Crippen LogP contribution in [0.2, 0.25) is 0 Å². The fourth-order valence-corrected chi connectivity index (χ4v) is 10.3. The molecule has 0 amide bonds. The molecule has 27 nitrogen and oxygen atoms in total. The van der Waals surface area contributed by atoms with Gasteiger partial charge in [0.2, 0.25) is 5.60 Å². The number of aromatic amines is 2. The summed E-state index contributed by atoms with van der Waals surface area (Å²) in [5, 5.41) is 38.2. The quantitative estimate of drug-likeness (QED) is 0.0255. The summed E-state index contributed by atoms with van der Waals surface area (Å²) in [5.41, 5.74) is -8.17. The fraction of sp³-hybridized carbons (Fsp3) is 0.460. The van der Waals surface area contributed by atoms with Gasteiger partial charge in [-0.3, -0.25) is 52.1 Å². The molecule has 2 aliphatic heterocycles. The Labute approximate surface area is 452 Å². The van der Waals surface area contributed by atoms with E-state index in [-0.39, 0.29) is 11.5 Å². The zero-order valence-corrected chi connectivity index (χ0v) is 45.8. The number of hydrogen-bond donors (Lipinski definition) is 7. The Balaban J connectivity index is 0.000000293. The van der Waals surface area contributed by atoms with E-state index in [4.69, 9.17) is 54.6 Å². The van der Waals surface area contributed by atoms with Crippen molar-refractivity contribution in [2.75, 3.05) is 13.2 Å². The van der Waals surface area contributed by atoms with E-state index in [1.807, 2.05) is 15.9 Å². The van der Waals surface area contributed by atoms with E-state index in [0.717, 1.165) is 33.7 Å². The van der Waals surface area contributed by atoms with Crippen molar-refractivity contribution in [3.8, 4) is 36.2 Å². The summed E-state index contributed by atoms with van der Waals surface area (Å²) in [5.74, 6) is 1.56. The molecule has 29 heteroatoms. The number of H-pyrrole nitrogens is 2. The Kier molecular flexibility index (Phi) is 21.3. The lowest BCUT2D eigenvalue weighted by Gasteiger charge is -2.30. The van der Waals surface area contributed by atoms with Crippen molar-refractivity contribution in [1.82, 2.24) is 29.3 Å². The first-order chi connectivity index (χ1) is 37.1. The molecule has 79 heavy (non-hydrogen) atoms. The van der Waals surface area contributed by atoms with Crippen LogP contribution in [0.3, 0.4) is 0 Å². The van der Waals surface area contributed by atoms with E-state index in [2.05, 4.69) is 16.1 Å². The first kappa shape index (κ1) is 62.9. The molecule has 2 aromatic carbocycles. The van der Waals surface area contributed by atoms with Crippen LogP contribution in [-0.2, 0) is 56.2 Å². The van der Waals surface area contributed by atoms with Gasteiger partial charge in [0.25, 0.3) is 11.1 Å². The highest BCUT2D eigenvalue weighted by Crippen LogP contribution is 2.49. The van der Waals surface area contributed by atoms with E-state index in [9.17, 15) is 58.0 Å². The first-order valence-electron chi connectivity index (χ1n) is 24.2. The van der Waals surface area contributed by atoms with Crippen molar-refractivity contribution in [2.24, 2.45) is 5.92 Å². The number of carbonyl (C=O) groups excluding carboxylic acids is 3. The molecule has 6 rings (SSSR count). The highest BCUT2D eigenvalue weighted by atomic mass is 31.2. The zero-order valence-electron chi connectivity index (χ0n) is 44.0. The molecule has 4 aromatic rings. The average molecular weight is 1150 g/mol. The summed E-state index contributed by atoms with van der Waals surface area (Å²) in [6.07, 6.45) is 2.78. The van der Waals surface area contributed by atoms with Crippen LogP contribution in [0.15, 0.2) is 104 Å². The second-order valence-corrected chi connectivity index (χ2v) is 21.9. The lowest BCUT2D eigenvalue weighted by molar-refractivity contribution is -0.164. The Morgan fingerprint density at radius 2 is 1.04 bits per heavy atom. The Bertz CT molecular complexity index is 3190. The van der Waals surface area contributed by atoms with Gasteiger partial charge < -0.3 is 48.1 Å². The van der Waals surface area contributed by atoms with E-state index in [1.54, 1.807) is 77.9 Å². The van der Waals surface area contributed by atoms with Gasteiger partial charge in [-0.2, -0.15) is 10.2 Å². The summed E-state index contributed by atoms with van der Waals surface area (Å²) in [4.78, 5) is 89.2. The zero-order chi connectivity index (χ0) is 58.6. The second kappa shape index (κ2) is 26.8. The molecule has 2 aliphatic rings. The number of ether oxygens (including phenoxy) is 5. The number of aliphatic hydroxyl groups excluding tert-OH is 1. The number of esters is 3. The maximum Gasteiger partial charge on any atom is 0.459 e. The first-order valence-corrected chi connectivity index (χ1v) is 27.3. The van der Waals surface area contributed by atoms with Crippen LogP contribution < -0.4 is 41.7 Å². The topological polar surface area (TPSA) is 363 Å². The molecular weight excluding hydrogens is 1080 g/mol. The summed E-state index contributed by atoms with van der Waals surface area (Å²) < 4.78 is 78.7. The fourth-order valence-electron chi connectivity index (χ4n) is 7.32. The van der Waals surface area contributed by atoms with Gasteiger partial charge in [0, 0.05) is 24.5 Å². The van der Waals surface area contributed by atoms with Crippen LogP contribution in [0.4, 0.5) is 0 Å². The summed E-state index contributed by atoms with van der Waals surface area (Å²) in [7, 11) is -8.73. The van der Waals surface area contributed by atoms with Gasteiger partial charge in [-0.25, -0.2) is 18.7 Å². The maximum absolute atomic E-state index is 13.9. The van der Waals surface area contributed by atoms with Crippen LogP contribution in [0.25, 0.3) is 0 Å². The monoisotopic (exact) mass is 1140 g/mol. The maximum atomic E-state index is 13.9. The lowest BCUT2D eigenvalue weighted by atomic mass is 9.94. The van der Waals surface area contributed by atoms with E-state index < -0.39 is 147 Å². The van der Waals surface area contributed by atoms with Crippen molar-refractivity contribution >= 4 is 33.4 Å². The summed E-state index contributed by atoms with van der Waals surface area (Å²) in [6, 6.07) is 15.6. The highest BCUT2D eigenvalue weighted by Gasteiger charge is 2.60. The summed E-state index contributed by atoms with van der Waals surface area (Å²) >= 11 is 0. The largest absolute Gasteiger partial charge is 0.462 e. The number of hydrogen-bond acceptors (Lipinski definition) is 21. The molecule has 4 heterocycles. The number of nitrogens with zero attached hydrogens (tertiary/aromatic N) is 2. The third kappa shape index (κ3) is 16.1. The van der Waals surface area contributed by atoms with E-state index in [0.29, 0.717) is 0 Å². The average Bonchev–Trinajstić information content (AvgIpc) is 3.88. The number of para-hydroxylation sites is 2. The minimum absolute atomic E-state index is 0.130. The van der Waals surface area contributed by atoms with Gasteiger partial charge in [-0.05, 0) is 65.8 Å². The third-order valence-electron chi connectivity index (χ3n) is 11.2. The number of carbonyl (C=O) groups is 3. The Hall–Kier alpha value is -6.97. The highest BCUT2D eigenvalue weighted by molar-refractivity contribution is 7.52. The Morgan fingerprint density at radius 1 is 0.646 bits per heavy atom. The molecule has 2 aromatic heterocycles. The van der Waals surface area contributed by atoms with Gasteiger partial charge in [-0.1, -0.05) is 62.1 Å². The normalized spacial score (nSPS) is 24.8. The minimum Gasteiger partial charge on any atom is -0.462 e.